The molecule has 16 heteroatoms. The first kappa shape index (κ1) is 37.0. The minimum Gasteiger partial charge on any atom is -0.391 e. The third kappa shape index (κ3) is 8.96. The van der Waals surface area contributed by atoms with Crippen molar-refractivity contribution >= 4 is 88.6 Å². The highest BCUT2D eigenvalue weighted by Gasteiger charge is 2.34. The van der Waals surface area contributed by atoms with Crippen molar-refractivity contribution in [1.29, 1.82) is 0 Å². The van der Waals surface area contributed by atoms with Crippen LogP contribution in [0.3, 0.4) is 0 Å². The molecule has 230 valence electrons. The maximum absolute atomic E-state index is 9.51. The van der Waals surface area contributed by atoms with E-state index >= 15 is 0 Å². The van der Waals surface area contributed by atoms with Gasteiger partial charge in [-0.25, -0.2) is 4.21 Å². The minimum atomic E-state index is -1.67. The predicted octanol–water partition coefficient (Wildman–Crippen LogP) is 10.4. The van der Waals surface area contributed by atoms with Gasteiger partial charge < -0.3 is 14.2 Å². The molecule has 4 aromatic rings. The summed E-state index contributed by atoms with van der Waals surface area (Å²) in [5, 5.41) is 19.3. The van der Waals surface area contributed by atoms with Gasteiger partial charge in [0.1, 0.15) is 22.9 Å². The Morgan fingerprint density at radius 1 is 0.738 bits per heavy atom. The summed E-state index contributed by atoms with van der Waals surface area (Å²) in [6.07, 6.45) is 10.4. The van der Waals surface area contributed by atoms with E-state index in [1.165, 1.54) is 24.8 Å². The van der Waals surface area contributed by atoms with Crippen LogP contribution in [-0.4, -0.2) is 29.6 Å². The van der Waals surface area contributed by atoms with E-state index in [2.05, 4.69) is 41.6 Å². The first-order valence-electron chi connectivity index (χ1n) is 11.6. The summed E-state index contributed by atoms with van der Waals surface area (Å²) >= 11 is 30.4. The van der Waals surface area contributed by atoms with Gasteiger partial charge in [-0.05, 0) is 25.7 Å². The molecule has 0 saturated heterocycles. The van der Waals surface area contributed by atoms with Gasteiger partial charge in [0.2, 0.25) is 9.23 Å². The molecule has 0 amide bonds. The Morgan fingerprint density at radius 3 is 1.38 bits per heavy atom. The molecule has 0 atom stereocenters. The normalized spacial score (nSPS) is 13.7. The minimum absolute atomic E-state index is 0. The van der Waals surface area contributed by atoms with E-state index in [9.17, 15) is 5.11 Å². The van der Waals surface area contributed by atoms with E-state index < -0.39 is 9.23 Å². The molecule has 0 spiro atoms. The lowest BCUT2D eigenvalue weighted by molar-refractivity contribution is 0.277. The zero-order chi connectivity index (χ0) is 29.0. The zero-order valence-corrected chi connectivity index (χ0v) is 26.3. The topological polar surface area (TPSA) is 115 Å². The Morgan fingerprint density at radius 2 is 1.07 bits per heavy atom. The SMILES string of the molecule is C.C.ClCc1c(-c2c(Cl)cncc2Cl)noc1C1CC1.O=S(Cl)Cl.OCc1c(-c2c(Cl)cncc2Cl)noc1C1CC1. The van der Waals surface area contributed by atoms with Crippen molar-refractivity contribution in [3.63, 3.8) is 0 Å². The maximum atomic E-state index is 9.51. The molecule has 0 aromatic carbocycles. The van der Waals surface area contributed by atoms with E-state index in [4.69, 9.17) is 71.3 Å². The van der Waals surface area contributed by atoms with Gasteiger partial charge in [0, 0.05) is 80.2 Å². The quantitative estimate of drug-likeness (QED) is 0.154. The lowest BCUT2D eigenvalue weighted by Crippen LogP contribution is -1.92. The summed E-state index contributed by atoms with van der Waals surface area (Å²) in [6.45, 7) is -0.139. The lowest BCUT2D eigenvalue weighted by Gasteiger charge is -2.04. The molecular formula is C26H27Cl7N4O4S. The second-order valence-corrected chi connectivity index (χ2v) is 13.1. The molecule has 2 aliphatic rings. The van der Waals surface area contributed by atoms with Crippen LogP contribution in [-0.2, 0) is 21.7 Å². The van der Waals surface area contributed by atoms with Crippen LogP contribution >= 0.6 is 79.4 Å². The predicted molar refractivity (Wildman–Crippen MR) is 172 cm³/mol. The second kappa shape index (κ2) is 16.8. The monoisotopic (exact) mass is 736 g/mol. The highest BCUT2D eigenvalue weighted by molar-refractivity contribution is 8.26. The lowest BCUT2D eigenvalue weighted by atomic mass is 10.1. The van der Waals surface area contributed by atoms with Crippen molar-refractivity contribution < 1.29 is 18.4 Å². The smallest absolute Gasteiger partial charge is 0.211 e. The Kier molecular flexibility index (Phi) is 14.8. The summed E-state index contributed by atoms with van der Waals surface area (Å²) in [5.74, 6) is 2.76. The number of halogens is 7. The fourth-order valence-corrected chi connectivity index (χ4v) is 5.27. The molecule has 42 heavy (non-hydrogen) atoms. The largest absolute Gasteiger partial charge is 0.391 e. The van der Waals surface area contributed by atoms with E-state index in [1.54, 1.807) is 0 Å². The van der Waals surface area contributed by atoms with E-state index in [0.717, 1.165) is 42.8 Å². The van der Waals surface area contributed by atoms with Gasteiger partial charge in [0.05, 0.1) is 32.6 Å². The fraction of sp³-hybridized carbons (Fsp3) is 0.385. The van der Waals surface area contributed by atoms with Crippen LogP contribution in [0.4, 0.5) is 0 Å². The van der Waals surface area contributed by atoms with Crippen LogP contribution in [0.5, 0.6) is 0 Å². The van der Waals surface area contributed by atoms with Crippen molar-refractivity contribution in [2.75, 3.05) is 0 Å². The van der Waals surface area contributed by atoms with Crippen LogP contribution < -0.4 is 0 Å². The van der Waals surface area contributed by atoms with E-state index in [1.807, 2.05) is 0 Å². The molecule has 0 unspecified atom stereocenters. The van der Waals surface area contributed by atoms with Crippen LogP contribution in [0.1, 0.15) is 75.0 Å². The molecule has 0 bridgehead atoms. The molecule has 4 heterocycles. The van der Waals surface area contributed by atoms with Crippen LogP contribution in [0.2, 0.25) is 20.1 Å². The molecule has 6 rings (SSSR count). The fourth-order valence-electron chi connectivity index (χ4n) is 3.93. The third-order valence-electron chi connectivity index (χ3n) is 6.01. The number of alkyl halides is 1. The van der Waals surface area contributed by atoms with Gasteiger partial charge in [0.25, 0.3) is 0 Å². The Bertz CT molecular complexity index is 1360. The standard InChI is InChI=1S/C12H9Cl3N2O.C12H10Cl2N2O2.2CH4.Cl2OS/c13-3-7-11(17-18-12(7)6-1-2-6)10-8(14)4-16-5-9(10)15;13-8-3-15-4-9(14)10(8)11-7(5-17)12(18-16-11)6-1-2-6;;;1-4(2)3/h4-6H,1-3H2;3-4,6,17H,1-2,5H2;2*1H4;. The van der Waals surface area contributed by atoms with Crippen molar-refractivity contribution in [2.45, 2.75) is 64.9 Å². The number of rotatable bonds is 6. The zero-order valence-electron chi connectivity index (χ0n) is 20.2. The summed E-state index contributed by atoms with van der Waals surface area (Å²) in [4.78, 5) is 7.82. The summed E-state index contributed by atoms with van der Waals surface area (Å²) in [7, 11) is 7.36. The van der Waals surface area contributed by atoms with Gasteiger partial charge in [-0.1, -0.05) is 71.6 Å². The highest BCUT2D eigenvalue weighted by atomic mass is 36.0. The van der Waals surface area contributed by atoms with Crippen molar-refractivity contribution in [1.82, 2.24) is 20.3 Å². The average molecular weight is 740 g/mol. The Balaban J connectivity index is 0.000000250. The van der Waals surface area contributed by atoms with Crippen molar-refractivity contribution in [3.8, 4) is 22.5 Å². The Labute approximate surface area is 280 Å². The first-order chi connectivity index (χ1) is 19.2. The van der Waals surface area contributed by atoms with Gasteiger partial charge in [-0.2, -0.15) is 0 Å². The molecule has 2 saturated carbocycles. The van der Waals surface area contributed by atoms with Crippen molar-refractivity contribution in [3.05, 3.63) is 67.5 Å². The molecule has 2 aliphatic carbocycles. The maximum Gasteiger partial charge on any atom is 0.211 e. The Hall–Kier alpha value is -1.14. The number of hydrogen-bond acceptors (Lipinski definition) is 8. The third-order valence-corrected chi connectivity index (χ3v) is 7.42. The van der Waals surface area contributed by atoms with Gasteiger partial charge in [-0.15, -0.1) is 11.6 Å². The molecule has 2 fully saturated rings. The molecular weight excluding hydrogens is 713 g/mol. The van der Waals surface area contributed by atoms with E-state index in [-0.39, 0.29) is 21.5 Å². The number of hydrogen-bond donors (Lipinski definition) is 1. The molecule has 8 nitrogen and oxygen atoms in total. The molecule has 0 aliphatic heterocycles. The van der Waals surface area contributed by atoms with Crippen LogP contribution in [0, 0.1) is 0 Å². The molecule has 0 radical (unpaired) electrons. The summed E-state index contributed by atoms with van der Waals surface area (Å²) in [6, 6.07) is 0. The van der Waals surface area contributed by atoms with E-state index in [0.29, 0.717) is 65.9 Å². The number of aliphatic hydroxyl groups excluding tert-OH is 1. The summed E-state index contributed by atoms with van der Waals surface area (Å²) < 4.78 is 19.8. The molecule has 4 aromatic heterocycles. The van der Waals surface area contributed by atoms with Gasteiger partial charge in [-0.3, -0.25) is 9.97 Å². The van der Waals surface area contributed by atoms with Crippen molar-refractivity contribution in [2.24, 2.45) is 0 Å². The number of aliphatic hydroxyl groups is 1. The average Bonchev–Trinajstić information content (AvgIpc) is 3.84. The summed E-state index contributed by atoms with van der Waals surface area (Å²) in [5.41, 5.74) is 3.90. The molecule has 1 N–H and O–H groups in total. The number of pyridine rings is 2. The van der Waals surface area contributed by atoms with Crippen LogP contribution in [0.15, 0.2) is 33.8 Å². The second-order valence-electron chi connectivity index (χ2n) is 8.73. The number of nitrogens with zero attached hydrogens (tertiary/aromatic N) is 4. The van der Waals surface area contributed by atoms with Gasteiger partial charge in [0.15, 0.2) is 0 Å². The van der Waals surface area contributed by atoms with Gasteiger partial charge >= 0.3 is 0 Å². The highest BCUT2D eigenvalue weighted by Crippen LogP contribution is 2.47. The number of aromatic nitrogens is 4. The first-order valence-corrected chi connectivity index (χ1v) is 16.5. The van der Waals surface area contributed by atoms with Crippen LogP contribution in [0.25, 0.3) is 22.5 Å².